The van der Waals surface area contributed by atoms with Crippen molar-refractivity contribution < 1.29 is 18.1 Å². The van der Waals surface area contributed by atoms with Crippen molar-refractivity contribution in [1.82, 2.24) is 0 Å². The first-order valence-corrected chi connectivity index (χ1v) is 24.1. The van der Waals surface area contributed by atoms with Crippen LogP contribution in [0.2, 0.25) is 0 Å². The molecule has 1 spiro atoms. The average Bonchev–Trinajstić information content (AvgIpc) is 2.47. The molecule has 0 radical (unpaired) electrons. The van der Waals surface area contributed by atoms with Gasteiger partial charge in [0.2, 0.25) is 0 Å². The lowest BCUT2D eigenvalue weighted by molar-refractivity contribution is 0.00599. The third kappa shape index (κ3) is 6.03. The van der Waals surface area contributed by atoms with Crippen molar-refractivity contribution in [3.8, 4) is 0 Å². The predicted molar refractivity (Wildman–Crippen MR) is 129 cm³/mol. The molecule has 0 saturated heterocycles. The van der Waals surface area contributed by atoms with Crippen molar-refractivity contribution in [2.45, 2.75) is 0 Å². The van der Waals surface area contributed by atoms with Crippen LogP contribution in [0.15, 0.2) is 27.1 Å². The fraction of sp³-hybridized carbons (Fsp3) is 1.00. The number of rotatable bonds is 0. The maximum Gasteiger partial charge on any atom is 0.300 e. The molecule has 4 aliphatic heterocycles. The fourth-order valence-electron chi connectivity index (χ4n) is 2.24. The summed E-state index contributed by atoms with van der Waals surface area (Å²) in [5.74, 6) is -6.38. The lowest BCUT2D eigenvalue weighted by Crippen LogP contribution is -2.41. The van der Waals surface area contributed by atoms with Gasteiger partial charge >= 0.3 is 27.1 Å². The molecule has 10 nitrogen and oxygen atoms in total. The van der Waals surface area contributed by atoms with Gasteiger partial charge in [0, 0.05) is 0 Å². The van der Waals surface area contributed by atoms with Crippen LogP contribution >= 0.6 is 129 Å². The number of hydrogen-bond acceptors (Lipinski definition) is 10. The van der Waals surface area contributed by atoms with E-state index in [9.17, 15) is 0 Å². The first-order valence-electron chi connectivity index (χ1n) is 7.05. The molecule has 0 aromatic heterocycles. The van der Waals surface area contributed by atoms with E-state index < -0.39 is 44.4 Å². The standard InChI is InChI=1S/C5H8Cl8N6O4P6/c6-24(7)14-26(10)18-27(11,15-24)21-2-5(1-20-26)3-22-28(12)16-25(8,9)17-29(13,19-28)23-4-5/h1-4H2/t5?,26-,27+,28-,29+. The maximum absolute atomic E-state index is 6.43. The lowest BCUT2D eigenvalue weighted by atomic mass is 9.93. The summed E-state index contributed by atoms with van der Waals surface area (Å²) in [6, 6.07) is 0. The molecule has 29 heavy (non-hydrogen) atoms. The SMILES string of the molecule is ClP1(Cl)=N[P@@]2(Cl)=N[P@@](Cl)(=N1)OCC1(CO[P@@]3(Cl)=NP(Cl)(Cl)=N[P@](Cl)(=N3)OC1)CO2. The zero-order valence-corrected chi connectivity index (χ0v) is 24.8. The zero-order valence-electron chi connectivity index (χ0n) is 13.4. The van der Waals surface area contributed by atoms with Gasteiger partial charge in [0.1, 0.15) is 0 Å². The minimum atomic E-state index is -3.33. The molecule has 0 fully saturated rings. The highest BCUT2D eigenvalue weighted by Gasteiger charge is 2.47. The molecule has 0 saturated carbocycles. The minimum Gasteiger partial charge on any atom is -0.315 e. The number of fused-ring (bicyclic) bond motifs is 2. The van der Waals surface area contributed by atoms with E-state index in [2.05, 4.69) is 27.1 Å². The van der Waals surface area contributed by atoms with Crippen molar-refractivity contribution in [2.24, 2.45) is 32.5 Å². The topological polar surface area (TPSA) is 111 Å². The van der Waals surface area contributed by atoms with Gasteiger partial charge in [0.15, 0.2) is 0 Å². The van der Waals surface area contributed by atoms with Gasteiger partial charge in [-0.15, -0.1) is 0 Å². The van der Waals surface area contributed by atoms with Crippen LogP contribution in [0.3, 0.4) is 0 Å². The van der Waals surface area contributed by atoms with E-state index in [1.807, 2.05) is 0 Å². The minimum absolute atomic E-state index is 0.0717. The Labute approximate surface area is 204 Å². The highest BCUT2D eigenvalue weighted by Crippen LogP contribution is 2.88. The van der Waals surface area contributed by atoms with E-state index >= 15 is 0 Å². The molecule has 4 aliphatic rings. The number of hydrogen-bond donors (Lipinski definition) is 0. The van der Waals surface area contributed by atoms with Gasteiger partial charge in [0.25, 0.3) is 11.8 Å². The summed E-state index contributed by atoms with van der Waals surface area (Å²) in [6.45, 7) is -13.6. The average molecular weight is 686 g/mol. The summed E-state index contributed by atoms with van der Waals surface area (Å²) in [6.07, 6.45) is 0. The molecule has 0 aromatic carbocycles. The van der Waals surface area contributed by atoms with Crippen LogP contribution in [0.5, 0.6) is 0 Å². The molecule has 1 unspecified atom stereocenters. The summed E-state index contributed by atoms with van der Waals surface area (Å²) in [7, 11) is 0. The van der Waals surface area contributed by atoms with E-state index in [1.165, 1.54) is 0 Å². The first kappa shape index (κ1) is 25.6. The molecular formula is C5H8Cl8N6O4P6. The van der Waals surface area contributed by atoms with Crippen LogP contribution in [0.25, 0.3) is 0 Å². The molecule has 4 bridgehead atoms. The highest BCUT2D eigenvalue weighted by atomic mass is 35.9. The van der Waals surface area contributed by atoms with Crippen LogP contribution in [0.1, 0.15) is 0 Å². The van der Waals surface area contributed by atoms with E-state index in [0.29, 0.717) is 0 Å². The van der Waals surface area contributed by atoms with Gasteiger partial charge in [0.05, 0.1) is 31.8 Å². The molecule has 168 valence electrons. The third-order valence-corrected chi connectivity index (χ3v) is 26.7. The molecule has 0 N–H and O–H groups in total. The highest BCUT2D eigenvalue weighted by molar-refractivity contribution is 8.17. The lowest BCUT2D eigenvalue weighted by Gasteiger charge is -2.40. The van der Waals surface area contributed by atoms with Crippen LogP contribution in [-0.4, -0.2) is 26.4 Å². The predicted octanol–water partition coefficient (Wildman–Crippen LogP) is 11.7. The second-order valence-corrected chi connectivity index (χ2v) is 28.8. The summed E-state index contributed by atoms with van der Waals surface area (Å²) in [4.78, 5) is 0. The number of nitrogens with zero attached hydrogens (tertiary/aromatic N) is 6. The number of halogens is 8. The van der Waals surface area contributed by atoms with Crippen molar-refractivity contribution in [2.75, 3.05) is 26.4 Å². The van der Waals surface area contributed by atoms with E-state index in [1.54, 1.807) is 0 Å². The normalized spacial score (nSPS) is 50.5. The van der Waals surface area contributed by atoms with Gasteiger partial charge < -0.3 is 18.1 Å². The molecule has 0 aliphatic carbocycles. The summed E-state index contributed by atoms with van der Waals surface area (Å²) < 4.78 is 47.8. The Balaban J connectivity index is 1.71. The Morgan fingerprint density at radius 3 is 1.03 bits per heavy atom. The second kappa shape index (κ2) is 8.30. The van der Waals surface area contributed by atoms with Crippen LogP contribution in [-0.2, 0) is 18.1 Å². The Morgan fingerprint density at radius 2 is 0.724 bits per heavy atom. The Morgan fingerprint density at radius 1 is 0.448 bits per heavy atom. The zero-order chi connectivity index (χ0) is 21.4. The van der Waals surface area contributed by atoms with Crippen molar-refractivity contribution in [3.05, 3.63) is 0 Å². The van der Waals surface area contributed by atoms with Crippen molar-refractivity contribution in [3.63, 3.8) is 0 Å². The Hall–Kier alpha value is 3.54. The van der Waals surface area contributed by atoms with Crippen molar-refractivity contribution in [1.29, 1.82) is 0 Å². The third-order valence-electron chi connectivity index (χ3n) is 3.45. The van der Waals surface area contributed by atoms with Crippen molar-refractivity contribution >= 4 is 129 Å². The van der Waals surface area contributed by atoms with Gasteiger partial charge in [-0.05, 0) is 89.9 Å². The van der Waals surface area contributed by atoms with Gasteiger partial charge in [-0.25, -0.2) is 0 Å². The van der Waals surface area contributed by atoms with Crippen LogP contribution in [0.4, 0.5) is 0 Å². The molecular weight excluding hydrogens is 678 g/mol. The second-order valence-electron chi connectivity index (χ2n) is 5.93. The quantitative estimate of drug-likeness (QED) is 0.236. The van der Waals surface area contributed by atoms with E-state index in [-0.39, 0.29) is 26.4 Å². The summed E-state index contributed by atoms with van der Waals surface area (Å²) in [5, 5.41) is 0. The molecule has 4 rings (SSSR count). The first-order chi connectivity index (χ1) is 13.1. The molecule has 4 heterocycles. The molecule has 5 atom stereocenters. The van der Waals surface area contributed by atoms with E-state index in [0.717, 1.165) is 0 Å². The monoisotopic (exact) mass is 682 g/mol. The molecule has 0 aromatic rings. The van der Waals surface area contributed by atoms with Crippen LogP contribution in [0, 0.1) is 5.41 Å². The summed E-state index contributed by atoms with van der Waals surface area (Å²) >= 11 is 50.2. The largest absolute Gasteiger partial charge is 0.315 e. The van der Waals surface area contributed by atoms with Gasteiger partial charge in [-0.1, -0.05) is 0 Å². The van der Waals surface area contributed by atoms with Crippen LogP contribution < -0.4 is 0 Å². The van der Waals surface area contributed by atoms with Gasteiger partial charge in [-0.3, -0.25) is 0 Å². The Kier molecular flexibility index (Phi) is 7.33. The Bertz CT molecular complexity index is 993. The van der Waals surface area contributed by atoms with Gasteiger partial charge in [-0.2, -0.15) is 27.1 Å². The van der Waals surface area contributed by atoms with E-state index in [4.69, 9.17) is 108 Å². The molecule has 0 amide bonds. The maximum atomic E-state index is 6.43. The smallest absolute Gasteiger partial charge is 0.300 e. The fourth-order valence-corrected chi connectivity index (χ4v) is 32.0. The molecule has 24 heteroatoms. The summed E-state index contributed by atoms with van der Waals surface area (Å²) in [5.41, 5.74) is -0.976.